The number of rotatable bonds is 3. The van der Waals surface area contributed by atoms with E-state index >= 15 is 0 Å². The van der Waals surface area contributed by atoms with Crippen molar-refractivity contribution < 1.29 is 19.1 Å². The van der Waals surface area contributed by atoms with E-state index in [9.17, 15) is 9.59 Å². The third kappa shape index (κ3) is 3.90. The fourth-order valence-electron chi connectivity index (χ4n) is 2.31. The van der Waals surface area contributed by atoms with Crippen LogP contribution in [0.1, 0.15) is 11.1 Å². The zero-order chi connectivity index (χ0) is 16.1. The molecule has 2 amide bonds. The van der Waals surface area contributed by atoms with Crippen LogP contribution in [0.2, 0.25) is 0 Å². The quantitative estimate of drug-likeness (QED) is 0.851. The van der Waals surface area contributed by atoms with Crippen LogP contribution in [0.4, 0.5) is 4.79 Å². The lowest BCUT2D eigenvalue weighted by Crippen LogP contribution is -2.51. The van der Waals surface area contributed by atoms with Crippen LogP contribution in [-0.2, 0) is 9.53 Å². The van der Waals surface area contributed by atoms with Crippen LogP contribution in [0.15, 0.2) is 18.2 Å². The first-order valence-electron chi connectivity index (χ1n) is 7.32. The van der Waals surface area contributed by atoms with Crippen LogP contribution in [0.25, 0.3) is 0 Å². The summed E-state index contributed by atoms with van der Waals surface area (Å²) < 4.78 is 10.2. The van der Waals surface area contributed by atoms with Crippen molar-refractivity contribution in [3.05, 3.63) is 29.3 Å². The normalized spacial score (nSPS) is 14.7. The molecular formula is C16H22N2O4. The maximum atomic E-state index is 12.1. The average molecular weight is 306 g/mol. The lowest BCUT2D eigenvalue weighted by atomic mass is 10.1. The van der Waals surface area contributed by atoms with Crippen molar-refractivity contribution in [3.63, 3.8) is 0 Å². The number of methoxy groups -OCH3 is 1. The molecule has 0 bridgehead atoms. The molecule has 2 rings (SSSR count). The minimum atomic E-state index is -0.349. The molecule has 1 aliphatic heterocycles. The Morgan fingerprint density at radius 2 is 1.68 bits per heavy atom. The van der Waals surface area contributed by atoms with E-state index in [0.717, 1.165) is 5.56 Å². The molecular weight excluding hydrogens is 284 g/mol. The predicted octanol–water partition coefficient (Wildman–Crippen LogP) is 1.59. The lowest BCUT2D eigenvalue weighted by molar-refractivity contribution is -0.134. The Labute approximate surface area is 130 Å². The van der Waals surface area contributed by atoms with Gasteiger partial charge in [-0.25, -0.2) is 4.79 Å². The Hall–Kier alpha value is -2.24. The summed E-state index contributed by atoms with van der Waals surface area (Å²) in [6.07, 6.45) is -0.349. The molecule has 0 aromatic heterocycles. The maximum absolute atomic E-state index is 12.1. The number of amides is 2. The molecule has 6 nitrogen and oxygen atoms in total. The zero-order valence-electron chi connectivity index (χ0n) is 13.3. The molecule has 6 heteroatoms. The molecule has 1 aromatic rings. The smallest absolute Gasteiger partial charge is 0.409 e. The van der Waals surface area contributed by atoms with Gasteiger partial charge in [0.15, 0.2) is 6.61 Å². The number of hydrogen-bond donors (Lipinski definition) is 0. The summed E-state index contributed by atoms with van der Waals surface area (Å²) >= 11 is 0. The Bertz CT molecular complexity index is 551. The molecule has 1 aromatic carbocycles. The van der Waals surface area contributed by atoms with Gasteiger partial charge >= 0.3 is 6.09 Å². The van der Waals surface area contributed by atoms with Crippen LogP contribution in [0.3, 0.4) is 0 Å². The highest BCUT2D eigenvalue weighted by Gasteiger charge is 2.24. The van der Waals surface area contributed by atoms with E-state index in [4.69, 9.17) is 4.74 Å². The molecule has 0 atom stereocenters. The van der Waals surface area contributed by atoms with Crippen LogP contribution >= 0.6 is 0 Å². The summed E-state index contributed by atoms with van der Waals surface area (Å²) in [5, 5.41) is 0. The van der Waals surface area contributed by atoms with E-state index in [2.05, 4.69) is 4.74 Å². The predicted molar refractivity (Wildman–Crippen MR) is 82.0 cm³/mol. The average Bonchev–Trinajstić information content (AvgIpc) is 2.55. The summed E-state index contributed by atoms with van der Waals surface area (Å²) in [4.78, 5) is 26.8. The number of nitrogens with zero attached hydrogens (tertiary/aromatic N) is 2. The Balaban J connectivity index is 1.81. The molecule has 0 spiro atoms. The van der Waals surface area contributed by atoms with Gasteiger partial charge in [0.2, 0.25) is 0 Å². The van der Waals surface area contributed by atoms with Gasteiger partial charge in [0, 0.05) is 26.2 Å². The minimum Gasteiger partial charge on any atom is -0.484 e. The minimum absolute atomic E-state index is 0.0146. The van der Waals surface area contributed by atoms with E-state index < -0.39 is 0 Å². The van der Waals surface area contributed by atoms with E-state index in [0.29, 0.717) is 31.9 Å². The molecule has 22 heavy (non-hydrogen) atoms. The van der Waals surface area contributed by atoms with Gasteiger partial charge in [-0.3, -0.25) is 4.79 Å². The zero-order valence-corrected chi connectivity index (χ0v) is 13.3. The summed E-state index contributed by atoms with van der Waals surface area (Å²) in [5.74, 6) is 0.632. The second-order valence-corrected chi connectivity index (χ2v) is 5.37. The Morgan fingerprint density at radius 3 is 2.27 bits per heavy atom. The first kappa shape index (κ1) is 16.1. The van der Waals surface area contributed by atoms with E-state index in [1.807, 2.05) is 32.0 Å². The number of benzene rings is 1. The Morgan fingerprint density at radius 1 is 1.05 bits per heavy atom. The number of carbonyl (C=O) groups excluding carboxylic acids is 2. The van der Waals surface area contributed by atoms with E-state index in [1.54, 1.807) is 9.80 Å². The third-order valence-electron chi connectivity index (χ3n) is 3.91. The van der Waals surface area contributed by atoms with Gasteiger partial charge in [0.25, 0.3) is 5.91 Å². The molecule has 1 saturated heterocycles. The van der Waals surface area contributed by atoms with Gasteiger partial charge in [-0.15, -0.1) is 0 Å². The van der Waals surface area contributed by atoms with Gasteiger partial charge in [0.1, 0.15) is 5.75 Å². The van der Waals surface area contributed by atoms with Gasteiger partial charge < -0.3 is 19.3 Å². The van der Waals surface area contributed by atoms with Crippen molar-refractivity contribution in [2.24, 2.45) is 0 Å². The summed E-state index contributed by atoms with van der Waals surface area (Å²) in [7, 11) is 1.36. The fraction of sp³-hybridized carbons (Fsp3) is 0.500. The topological polar surface area (TPSA) is 59.1 Å². The largest absolute Gasteiger partial charge is 0.484 e. The monoisotopic (exact) mass is 306 g/mol. The van der Waals surface area contributed by atoms with Gasteiger partial charge in [-0.05, 0) is 37.1 Å². The SMILES string of the molecule is COC(=O)N1CCN(C(=O)COc2ccc(C)c(C)c2)CC1. The molecule has 1 heterocycles. The molecule has 0 N–H and O–H groups in total. The van der Waals surface area contributed by atoms with Crippen LogP contribution in [0.5, 0.6) is 5.75 Å². The van der Waals surface area contributed by atoms with Crippen LogP contribution in [0, 0.1) is 13.8 Å². The van der Waals surface area contributed by atoms with Gasteiger partial charge in [0.05, 0.1) is 7.11 Å². The maximum Gasteiger partial charge on any atom is 0.409 e. The van der Waals surface area contributed by atoms with E-state index in [1.165, 1.54) is 12.7 Å². The number of carbonyl (C=O) groups is 2. The van der Waals surface area contributed by atoms with Crippen molar-refractivity contribution in [1.82, 2.24) is 9.80 Å². The summed E-state index contributed by atoms with van der Waals surface area (Å²) in [6, 6.07) is 5.77. The van der Waals surface area contributed by atoms with Crippen molar-refractivity contribution in [2.75, 3.05) is 39.9 Å². The number of aryl methyl sites for hydroxylation is 2. The first-order chi connectivity index (χ1) is 10.5. The van der Waals surface area contributed by atoms with Crippen LogP contribution in [-0.4, -0.2) is 61.7 Å². The summed E-state index contributed by atoms with van der Waals surface area (Å²) in [6.45, 7) is 6.04. The molecule has 1 aliphatic rings. The Kier molecular flexibility index (Phi) is 5.25. The second kappa shape index (κ2) is 7.15. The first-order valence-corrected chi connectivity index (χ1v) is 7.32. The van der Waals surface area contributed by atoms with Crippen LogP contribution < -0.4 is 4.74 Å². The molecule has 1 fully saturated rings. The fourth-order valence-corrected chi connectivity index (χ4v) is 2.31. The van der Waals surface area contributed by atoms with Crippen molar-refractivity contribution in [3.8, 4) is 5.75 Å². The van der Waals surface area contributed by atoms with Gasteiger partial charge in [-0.2, -0.15) is 0 Å². The summed E-state index contributed by atoms with van der Waals surface area (Å²) in [5.41, 5.74) is 2.33. The van der Waals surface area contributed by atoms with E-state index in [-0.39, 0.29) is 18.6 Å². The van der Waals surface area contributed by atoms with Gasteiger partial charge in [-0.1, -0.05) is 6.07 Å². The standard InChI is InChI=1S/C16H22N2O4/c1-12-4-5-14(10-13(12)2)22-11-15(19)17-6-8-18(9-7-17)16(20)21-3/h4-5,10H,6-9,11H2,1-3H3. The molecule has 0 saturated carbocycles. The lowest BCUT2D eigenvalue weighted by Gasteiger charge is -2.33. The highest BCUT2D eigenvalue weighted by molar-refractivity contribution is 5.78. The number of hydrogen-bond acceptors (Lipinski definition) is 4. The third-order valence-corrected chi connectivity index (χ3v) is 3.91. The molecule has 0 unspecified atom stereocenters. The molecule has 120 valence electrons. The van der Waals surface area contributed by atoms with Crippen molar-refractivity contribution in [1.29, 1.82) is 0 Å². The second-order valence-electron chi connectivity index (χ2n) is 5.37. The number of piperazine rings is 1. The van der Waals surface area contributed by atoms with Crippen molar-refractivity contribution in [2.45, 2.75) is 13.8 Å². The highest BCUT2D eigenvalue weighted by Crippen LogP contribution is 2.16. The highest BCUT2D eigenvalue weighted by atomic mass is 16.5. The van der Waals surface area contributed by atoms with Crippen molar-refractivity contribution >= 4 is 12.0 Å². The number of ether oxygens (including phenoxy) is 2. The molecule has 0 aliphatic carbocycles. The molecule has 0 radical (unpaired) electrons.